The van der Waals surface area contributed by atoms with Gasteiger partial charge < -0.3 is 5.73 Å². The van der Waals surface area contributed by atoms with E-state index in [4.69, 9.17) is 11.1 Å². The Hall–Kier alpha value is -1.16. The van der Waals surface area contributed by atoms with Crippen molar-refractivity contribution in [3.8, 4) is 0 Å². The molecule has 0 atom stereocenters. The normalized spacial score (nSPS) is 23.5. The molecule has 2 fully saturated rings. The third-order valence-corrected chi connectivity index (χ3v) is 4.88. The molecule has 2 aliphatic rings. The number of hydrogen-bond donors (Lipinski definition) is 2. The zero-order valence-electron chi connectivity index (χ0n) is 10.1. The van der Waals surface area contributed by atoms with Crippen LogP contribution in [0.3, 0.4) is 0 Å². The minimum atomic E-state index is -0.141. The van der Waals surface area contributed by atoms with E-state index in [-0.39, 0.29) is 5.41 Å². The number of aliphatic imine (C=N–C) groups is 1. The van der Waals surface area contributed by atoms with Crippen LogP contribution in [0.1, 0.15) is 31.2 Å². The molecule has 94 valence electrons. The molecule has 18 heavy (non-hydrogen) atoms. The highest BCUT2D eigenvalue weighted by atomic mass is 79.9. The molecule has 2 saturated carbocycles. The molecule has 0 bridgehead atoms. The molecule has 0 amide bonds. The molecule has 0 saturated heterocycles. The number of nitrogens with two attached hydrogens (primary N) is 1. The summed E-state index contributed by atoms with van der Waals surface area (Å²) >= 11 is 3.51. The van der Waals surface area contributed by atoms with Gasteiger partial charge in [-0.2, -0.15) is 0 Å². The van der Waals surface area contributed by atoms with E-state index in [1.54, 1.807) is 0 Å². The molecule has 1 aromatic rings. The maximum absolute atomic E-state index is 7.13. The first-order chi connectivity index (χ1) is 8.60. The molecule has 0 aliphatic heterocycles. The largest absolute Gasteiger partial charge is 0.386 e. The lowest BCUT2D eigenvalue weighted by Crippen LogP contribution is -2.52. The topological polar surface area (TPSA) is 62.2 Å². The smallest absolute Gasteiger partial charge is 0.111 e. The van der Waals surface area contributed by atoms with Crippen LogP contribution in [-0.4, -0.2) is 12.2 Å². The number of amidine groups is 1. The average molecular weight is 306 g/mol. The van der Waals surface area contributed by atoms with Crippen LogP contribution < -0.4 is 5.73 Å². The van der Waals surface area contributed by atoms with Crippen molar-refractivity contribution in [3.05, 3.63) is 34.3 Å². The van der Waals surface area contributed by atoms with Crippen LogP contribution in [0.15, 0.2) is 33.7 Å². The van der Waals surface area contributed by atoms with Crippen LogP contribution in [0, 0.1) is 10.8 Å². The molecule has 2 aliphatic carbocycles. The minimum absolute atomic E-state index is 0.141. The zero-order valence-corrected chi connectivity index (χ0v) is 11.7. The summed E-state index contributed by atoms with van der Waals surface area (Å²) in [4.78, 5) is 4.04. The zero-order chi connectivity index (χ0) is 12.8. The highest BCUT2D eigenvalue weighted by Gasteiger charge is 2.63. The molecule has 0 aromatic heterocycles. The highest BCUT2D eigenvalue weighted by molar-refractivity contribution is 9.10. The van der Waals surface area contributed by atoms with Crippen LogP contribution >= 0.6 is 15.9 Å². The number of rotatable bonds is 3. The van der Waals surface area contributed by atoms with Crippen molar-refractivity contribution in [1.29, 1.82) is 5.41 Å². The lowest BCUT2D eigenvalue weighted by atomic mass is 9.56. The summed E-state index contributed by atoms with van der Waals surface area (Å²) in [7, 11) is 0. The van der Waals surface area contributed by atoms with Gasteiger partial charge in [0.05, 0.1) is 5.41 Å². The molecule has 3 N–H and O–H groups in total. The summed E-state index contributed by atoms with van der Waals surface area (Å²) < 4.78 is 1.07. The summed E-state index contributed by atoms with van der Waals surface area (Å²) in [6.45, 7) is 0. The Morgan fingerprint density at radius 2 is 2.11 bits per heavy atom. The SMILES string of the molecule is N=CN=C(N)C1(c2cccc(Br)c2)CC2(CC2)C1. The van der Waals surface area contributed by atoms with Gasteiger partial charge in [0, 0.05) is 4.47 Å². The van der Waals surface area contributed by atoms with Crippen molar-refractivity contribution in [3.63, 3.8) is 0 Å². The Labute approximate surface area is 115 Å². The number of benzene rings is 1. The Morgan fingerprint density at radius 3 is 2.67 bits per heavy atom. The molecule has 4 heteroatoms. The van der Waals surface area contributed by atoms with Gasteiger partial charge in [-0.1, -0.05) is 28.1 Å². The first-order valence-corrected chi connectivity index (χ1v) is 6.98. The second-order valence-corrected chi connectivity index (χ2v) is 6.51. The Bertz CT molecular complexity index is 524. The number of halogens is 1. The van der Waals surface area contributed by atoms with E-state index >= 15 is 0 Å². The highest BCUT2D eigenvalue weighted by Crippen LogP contribution is 2.69. The van der Waals surface area contributed by atoms with Crippen LogP contribution in [0.2, 0.25) is 0 Å². The maximum atomic E-state index is 7.13. The minimum Gasteiger partial charge on any atom is -0.386 e. The van der Waals surface area contributed by atoms with E-state index in [0.717, 1.165) is 23.7 Å². The fourth-order valence-corrected chi connectivity index (χ4v) is 3.67. The monoisotopic (exact) mass is 305 g/mol. The van der Waals surface area contributed by atoms with Gasteiger partial charge >= 0.3 is 0 Å². The molecular weight excluding hydrogens is 290 g/mol. The fraction of sp³-hybridized carbons (Fsp3) is 0.429. The van der Waals surface area contributed by atoms with Crippen molar-refractivity contribution < 1.29 is 0 Å². The quantitative estimate of drug-likeness (QED) is 0.653. The lowest BCUT2D eigenvalue weighted by Gasteiger charge is -2.48. The van der Waals surface area contributed by atoms with Crippen molar-refractivity contribution in [2.24, 2.45) is 16.1 Å². The van der Waals surface area contributed by atoms with Gasteiger partial charge in [-0.3, -0.25) is 5.41 Å². The fourth-order valence-electron chi connectivity index (χ4n) is 3.27. The molecule has 0 unspecified atom stereocenters. The van der Waals surface area contributed by atoms with Crippen molar-refractivity contribution in [2.75, 3.05) is 0 Å². The van der Waals surface area contributed by atoms with E-state index in [0.29, 0.717) is 11.3 Å². The molecule has 0 heterocycles. The van der Waals surface area contributed by atoms with Gasteiger partial charge in [0.1, 0.15) is 12.2 Å². The van der Waals surface area contributed by atoms with Crippen molar-refractivity contribution in [2.45, 2.75) is 31.1 Å². The van der Waals surface area contributed by atoms with Crippen LogP contribution in [0.5, 0.6) is 0 Å². The van der Waals surface area contributed by atoms with Crippen LogP contribution in [0.25, 0.3) is 0 Å². The Balaban J connectivity index is 2.01. The Morgan fingerprint density at radius 1 is 1.39 bits per heavy atom. The molecular formula is C14H16BrN3. The second kappa shape index (κ2) is 3.92. The first kappa shape index (κ1) is 11.9. The molecule has 1 spiro atoms. The average Bonchev–Trinajstić information content (AvgIpc) is 3.06. The summed E-state index contributed by atoms with van der Waals surface area (Å²) in [5.41, 5.74) is 7.75. The van der Waals surface area contributed by atoms with Gasteiger partial charge in [0.2, 0.25) is 0 Å². The standard InChI is InChI=1S/C14H16BrN3/c15-11-3-1-2-10(6-11)14(12(17)18-9-16)7-13(8-14)4-5-13/h1-3,6,9H,4-5,7-8H2,(H3,16,17,18). The van der Waals surface area contributed by atoms with Gasteiger partial charge in [0.25, 0.3) is 0 Å². The van der Waals surface area contributed by atoms with Crippen LogP contribution in [0.4, 0.5) is 0 Å². The predicted molar refractivity (Wildman–Crippen MR) is 77.1 cm³/mol. The van der Waals surface area contributed by atoms with Gasteiger partial charge in [-0.25, -0.2) is 4.99 Å². The van der Waals surface area contributed by atoms with E-state index in [2.05, 4.69) is 33.1 Å². The van der Waals surface area contributed by atoms with Gasteiger partial charge in [-0.05, 0) is 48.8 Å². The van der Waals surface area contributed by atoms with E-state index in [1.165, 1.54) is 18.4 Å². The molecule has 0 radical (unpaired) electrons. The van der Waals surface area contributed by atoms with E-state index < -0.39 is 0 Å². The number of hydrogen-bond acceptors (Lipinski definition) is 1. The predicted octanol–water partition coefficient (Wildman–Crippen LogP) is 3.23. The summed E-state index contributed by atoms with van der Waals surface area (Å²) in [6.07, 6.45) is 5.85. The summed E-state index contributed by atoms with van der Waals surface area (Å²) in [5, 5.41) is 7.13. The summed E-state index contributed by atoms with van der Waals surface area (Å²) in [5.74, 6) is 0.591. The third-order valence-electron chi connectivity index (χ3n) is 4.38. The Kier molecular flexibility index (Phi) is 2.59. The van der Waals surface area contributed by atoms with Gasteiger partial charge in [-0.15, -0.1) is 0 Å². The summed E-state index contributed by atoms with van der Waals surface area (Å²) in [6, 6.07) is 8.30. The second-order valence-electron chi connectivity index (χ2n) is 5.59. The molecule has 3 rings (SSSR count). The van der Waals surface area contributed by atoms with E-state index in [1.807, 2.05) is 12.1 Å². The van der Waals surface area contributed by atoms with Crippen molar-refractivity contribution in [1.82, 2.24) is 0 Å². The number of nitrogens with one attached hydrogen (secondary N) is 1. The third kappa shape index (κ3) is 1.70. The van der Waals surface area contributed by atoms with E-state index in [9.17, 15) is 0 Å². The molecule has 3 nitrogen and oxygen atoms in total. The van der Waals surface area contributed by atoms with Crippen molar-refractivity contribution >= 4 is 28.1 Å². The maximum Gasteiger partial charge on any atom is 0.111 e. The first-order valence-electron chi connectivity index (χ1n) is 6.19. The van der Waals surface area contributed by atoms with Gasteiger partial charge in [0.15, 0.2) is 0 Å². The lowest BCUT2D eigenvalue weighted by molar-refractivity contribution is 0.183. The molecule has 1 aromatic carbocycles. The van der Waals surface area contributed by atoms with Crippen LogP contribution in [-0.2, 0) is 5.41 Å². The number of nitrogens with zero attached hydrogens (tertiary/aromatic N) is 1.